The molecule has 3 aliphatic rings. The number of cyclic esters (lactones) is 1. The minimum atomic E-state index is -0.361. The third kappa shape index (κ3) is 4.00. The summed E-state index contributed by atoms with van der Waals surface area (Å²) >= 11 is 0. The Morgan fingerprint density at radius 1 is 0.938 bits per heavy atom. The highest BCUT2D eigenvalue weighted by molar-refractivity contribution is 5.98. The SMILES string of the molecule is O=C1OC(c2ccccc2)Cc2cc(C(=O)N3CCN(C(=O)C4CCCO4)CC3)ccc21. The minimum absolute atomic E-state index is 0.0360. The number of benzene rings is 2. The quantitative estimate of drug-likeness (QED) is 0.694. The van der Waals surface area contributed by atoms with Gasteiger partial charge in [0.05, 0.1) is 5.56 Å². The molecular formula is C25H26N2O5. The molecule has 0 spiro atoms. The fraction of sp³-hybridized carbons (Fsp3) is 0.400. The van der Waals surface area contributed by atoms with Crippen molar-refractivity contribution in [1.82, 2.24) is 9.80 Å². The van der Waals surface area contributed by atoms with E-state index in [0.29, 0.717) is 50.3 Å². The Bertz CT molecular complexity index is 1020. The number of hydrogen-bond acceptors (Lipinski definition) is 5. The summed E-state index contributed by atoms with van der Waals surface area (Å²) in [5.74, 6) is -0.401. The molecule has 0 aromatic heterocycles. The van der Waals surface area contributed by atoms with Crippen LogP contribution in [0.5, 0.6) is 0 Å². The normalized spacial score (nSPS) is 22.9. The van der Waals surface area contributed by atoms with E-state index in [0.717, 1.165) is 24.0 Å². The average molecular weight is 434 g/mol. The summed E-state index contributed by atoms with van der Waals surface area (Å²) in [7, 11) is 0. The lowest BCUT2D eigenvalue weighted by Crippen LogP contribution is -2.52. The molecule has 2 amide bonds. The van der Waals surface area contributed by atoms with Gasteiger partial charge in [0.2, 0.25) is 0 Å². The summed E-state index contributed by atoms with van der Waals surface area (Å²) in [6.07, 6.45) is 1.56. The van der Waals surface area contributed by atoms with Crippen LogP contribution in [0.4, 0.5) is 0 Å². The maximum absolute atomic E-state index is 13.1. The highest BCUT2D eigenvalue weighted by atomic mass is 16.5. The van der Waals surface area contributed by atoms with E-state index in [4.69, 9.17) is 9.47 Å². The molecular weight excluding hydrogens is 408 g/mol. The van der Waals surface area contributed by atoms with E-state index in [-0.39, 0.29) is 30.0 Å². The lowest BCUT2D eigenvalue weighted by atomic mass is 9.93. The maximum Gasteiger partial charge on any atom is 0.339 e. The molecule has 7 heteroatoms. The number of rotatable bonds is 3. The van der Waals surface area contributed by atoms with Crippen molar-refractivity contribution in [3.8, 4) is 0 Å². The van der Waals surface area contributed by atoms with Crippen LogP contribution in [0.15, 0.2) is 48.5 Å². The second-order valence-corrected chi connectivity index (χ2v) is 8.50. The first kappa shape index (κ1) is 20.7. The Morgan fingerprint density at radius 2 is 1.69 bits per heavy atom. The molecule has 7 nitrogen and oxygen atoms in total. The van der Waals surface area contributed by atoms with E-state index < -0.39 is 0 Å². The van der Waals surface area contributed by atoms with Crippen molar-refractivity contribution in [2.45, 2.75) is 31.5 Å². The van der Waals surface area contributed by atoms with Gasteiger partial charge in [0.25, 0.3) is 11.8 Å². The Balaban J connectivity index is 1.26. The Morgan fingerprint density at radius 3 is 2.41 bits per heavy atom. The Labute approximate surface area is 186 Å². The van der Waals surface area contributed by atoms with Crippen molar-refractivity contribution in [2.75, 3.05) is 32.8 Å². The molecule has 5 rings (SSSR count). The first-order valence-corrected chi connectivity index (χ1v) is 11.2. The van der Waals surface area contributed by atoms with Gasteiger partial charge in [0, 0.05) is 44.8 Å². The first-order chi connectivity index (χ1) is 15.6. The van der Waals surface area contributed by atoms with Gasteiger partial charge in [-0.2, -0.15) is 0 Å². The second-order valence-electron chi connectivity index (χ2n) is 8.50. The van der Waals surface area contributed by atoms with Crippen LogP contribution in [0.3, 0.4) is 0 Å². The molecule has 32 heavy (non-hydrogen) atoms. The largest absolute Gasteiger partial charge is 0.454 e. The van der Waals surface area contributed by atoms with E-state index in [1.54, 1.807) is 21.9 Å². The molecule has 0 aliphatic carbocycles. The number of fused-ring (bicyclic) bond motifs is 1. The number of carbonyl (C=O) groups is 3. The fourth-order valence-electron chi connectivity index (χ4n) is 4.67. The number of amides is 2. The molecule has 0 N–H and O–H groups in total. The molecule has 2 aromatic carbocycles. The van der Waals surface area contributed by atoms with Gasteiger partial charge in [0.1, 0.15) is 12.2 Å². The lowest BCUT2D eigenvalue weighted by Gasteiger charge is -2.36. The average Bonchev–Trinajstić information content (AvgIpc) is 3.38. The topological polar surface area (TPSA) is 76.2 Å². The van der Waals surface area contributed by atoms with Crippen molar-refractivity contribution in [3.05, 3.63) is 70.8 Å². The van der Waals surface area contributed by atoms with Gasteiger partial charge >= 0.3 is 5.97 Å². The highest BCUT2D eigenvalue weighted by Crippen LogP contribution is 2.31. The predicted molar refractivity (Wildman–Crippen MR) is 116 cm³/mol. The molecule has 2 saturated heterocycles. The molecule has 0 saturated carbocycles. The monoisotopic (exact) mass is 434 g/mol. The van der Waals surface area contributed by atoms with E-state index in [1.165, 1.54) is 0 Å². The number of piperazine rings is 1. The summed E-state index contributed by atoms with van der Waals surface area (Å²) < 4.78 is 11.1. The smallest absolute Gasteiger partial charge is 0.339 e. The van der Waals surface area contributed by atoms with Gasteiger partial charge < -0.3 is 19.3 Å². The molecule has 3 aliphatic heterocycles. The van der Waals surface area contributed by atoms with Crippen LogP contribution >= 0.6 is 0 Å². The summed E-state index contributed by atoms with van der Waals surface area (Å²) in [5, 5.41) is 0. The zero-order chi connectivity index (χ0) is 22.1. The van der Waals surface area contributed by atoms with E-state index >= 15 is 0 Å². The predicted octanol–water partition coefficient (Wildman–Crippen LogP) is 2.60. The van der Waals surface area contributed by atoms with Crippen LogP contribution in [-0.2, 0) is 20.7 Å². The van der Waals surface area contributed by atoms with E-state index in [9.17, 15) is 14.4 Å². The van der Waals surface area contributed by atoms with Crippen LogP contribution < -0.4 is 0 Å². The standard InChI is InChI=1S/C25H26N2O5/c28-23(26-10-12-27(13-11-26)24(29)21-7-4-14-31-21)18-8-9-20-19(15-18)16-22(32-25(20)30)17-5-2-1-3-6-17/h1-3,5-6,8-9,15,21-22H,4,7,10-14,16H2. The summed E-state index contributed by atoms with van der Waals surface area (Å²) in [4.78, 5) is 41.7. The van der Waals surface area contributed by atoms with Gasteiger partial charge in [-0.1, -0.05) is 30.3 Å². The minimum Gasteiger partial charge on any atom is -0.454 e. The van der Waals surface area contributed by atoms with Gasteiger partial charge in [-0.25, -0.2) is 4.79 Å². The summed E-state index contributed by atoms with van der Waals surface area (Å²) in [6.45, 7) is 2.65. The molecule has 2 fully saturated rings. The molecule has 166 valence electrons. The number of esters is 1. The van der Waals surface area contributed by atoms with Crippen LogP contribution in [0.1, 0.15) is 50.8 Å². The van der Waals surface area contributed by atoms with Crippen LogP contribution in [0, 0.1) is 0 Å². The Kier molecular flexibility index (Phi) is 5.66. The van der Waals surface area contributed by atoms with E-state index in [2.05, 4.69) is 0 Å². The van der Waals surface area contributed by atoms with Crippen molar-refractivity contribution in [1.29, 1.82) is 0 Å². The van der Waals surface area contributed by atoms with Crippen LogP contribution in [0.25, 0.3) is 0 Å². The first-order valence-electron chi connectivity index (χ1n) is 11.2. The molecule has 3 heterocycles. The zero-order valence-corrected chi connectivity index (χ0v) is 17.9. The van der Waals surface area contributed by atoms with Gasteiger partial charge in [-0.15, -0.1) is 0 Å². The summed E-state index contributed by atoms with van der Waals surface area (Å²) in [6, 6.07) is 14.8. The summed E-state index contributed by atoms with van der Waals surface area (Å²) in [5.41, 5.74) is 2.84. The third-order valence-electron chi connectivity index (χ3n) is 6.48. The van der Waals surface area contributed by atoms with Gasteiger partial charge in [0.15, 0.2) is 0 Å². The second kappa shape index (κ2) is 8.74. The van der Waals surface area contributed by atoms with Crippen molar-refractivity contribution in [3.63, 3.8) is 0 Å². The highest BCUT2D eigenvalue weighted by Gasteiger charge is 2.32. The zero-order valence-electron chi connectivity index (χ0n) is 17.9. The van der Waals surface area contributed by atoms with Crippen molar-refractivity contribution < 1.29 is 23.9 Å². The number of hydrogen-bond donors (Lipinski definition) is 0. The van der Waals surface area contributed by atoms with Crippen LogP contribution in [-0.4, -0.2) is 66.5 Å². The Hall–Kier alpha value is -3.19. The molecule has 0 bridgehead atoms. The number of carbonyl (C=O) groups excluding carboxylic acids is 3. The van der Waals surface area contributed by atoms with Crippen LogP contribution in [0.2, 0.25) is 0 Å². The van der Waals surface area contributed by atoms with Gasteiger partial charge in [-0.05, 0) is 42.2 Å². The lowest BCUT2D eigenvalue weighted by molar-refractivity contribution is -0.142. The fourth-order valence-corrected chi connectivity index (χ4v) is 4.67. The number of nitrogens with zero attached hydrogens (tertiary/aromatic N) is 2. The molecule has 2 atom stereocenters. The van der Waals surface area contributed by atoms with Crippen molar-refractivity contribution >= 4 is 17.8 Å². The number of ether oxygens (including phenoxy) is 2. The maximum atomic E-state index is 13.1. The molecule has 2 aromatic rings. The van der Waals surface area contributed by atoms with Crippen molar-refractivity contribution in [2.24, 2.45) is 0 Å². The molecule has 0 radical (unpaired) electrons. The molecule has 2 unspecified atom stereocenters. The third-order valence-corrected chi connectivity index (χ3v) is 6.48. The van der Waals surface area contributed by atoms with Gasteiger partial charge in [-0.3, -0.25) is 9.59 Å². The van der Waals surface area contributed by atoms with E-state index in [1.807, 2.05) is 36.4 Å².